The number of aromatic nitrogens is 3. The Hall–Kier alpha value is -2.31. The van der Waals surface area contributed by atoms with E-state index in [1.54, 1.807) is 14.0 Å². The summed E-state index contributed by atoms with van der Waals surface area (Å²) in [6.45, 7) is 7.78. The molecular formula is C16H24N4O3. The maximum Gasteiger partial charge on any atom is 0.273 e. The topological polar surface area (TPSA) is 99.8 Å². The zero-order valence-electron chi connectivity index (χ0n) is 14.2. The highest BCUT2D eigenvalue weighted by molar-refractivity contribution is 5.80. The largest absolute Gasteiger partial charge is 0.353 e. The normalized spacial score (nSPS) is 12.8. The summed E-state index contributed by atoms with van der Waals surface area (Å²) in [5.74, 6) is 0.260. The van der Waals surface area contributed by atoms with Crippen molar-refractivity contribution in [3.8, 4) is 0 Å². The highest BCUT2D eigenvalue weighted by Crippen LogP contribution is 2.14. The van der Waals surface area contributed by atoms with Gasteiger partial charge in [0.25, 0.3) is 11.1 Å². The number of hydrogen-bond donors (Lipinski definition) is 3. The summed E-state index contributed by atoms with van der Waals surface area (Å²) in [6.07, 6.45) is 0.527. The van der Waals surface area contributed by atoms with Crippen molar-refractivity contribution < 1.29 is 4.79 Å². The van der Waals surface area contributed by atoms with E-state index < -0.39 is 0 Å². The Balaban J connectivity index is 2.24. The van der Waals surface area contributed by atoms with E-state index in [-0.39, 0.29) is 29.5 Å². The predicted molar refractivity (Wildman–Crippen MR) is 89.7 cm³/mol. The first-order valence-corrected chi connectivity index (χ1v) is 7.82. The molecule has 0 saturated heterocycles. The molecule has 3 N–H and O–H groups in total. The summed E-state index contributed by atoms with van der Waals surface area (Å²) in [5.41, 5.74) is 1.10. The minimum Gasteiger partial charge on any atom is -0.353 e. The van der Waals surface area contributed by atoms with Crippen molar-refractivity contribution in [3.63, 3.8) is 0 Å². The molecule has 126 valence electrons. The number of carbonyl (C=O) groups excluding carboxylic acids is 1. The van der Waals surface area contributed by atoms with Gasteiger partial charge in [-0.25, -0.2) is 0 Å². The van der Waals surface area contributed by atoms with Crippen molar-refractivity contribution in [2.75, 3.05) is 0 Å². The van der Waals surface area contributed by atoms with Crippen LogP contribution < -0.4 is 16.4 Å². The van der Waals surface area contributed by atoms with Crippen LogP contribution in [0.2, 0.25) is 0 Å². The van der Waals surface area contributed by atoms with Crippen molar-refractivity contribution in [2.24, 2.45) is 13.0 Å². The molecule has 0 fully saturated rings. The third kappa shape index (κ3) is 3.38. The van der Waals surface area contributed by atoms with Gasteiger partial charge in [-0.15, -0.1) is 0 Å². The van der Waals surface area contributed by atoms with E-state index in [4.69, 9.17) is 0 Å². The maximum atomic E-state index is 12.2. The van der Waals surface area contributed by atoms with Crippen LogP contribution >= 0.6 is 0 Å². The molecule has 0 spiro atoms. The van der Waals surface area contributed by atoms with Gasteiger partial charge in [-0.2, -0.15) is 0 Å². The number of nitrogens with one attached hydrogen (secondary N) is 3. The summed E-state index contributed by atoms with van der Waals surface area (Å²) in [6, 6.07) is 0.0846. The molecule has 0 aromatic carbocycles. The van der Waals surface area contributed by atoms with Gasteiger partial charge >= 0.3 is 0 Å². The summed E-state index contributed by atoms with van der Waals surface area (Å²) in [5, 5.41) is 6.01. The van der Waals surface area contributed by atoms with Gasteiger partial charge in [0, 0.05) is 25.1 Å². The number of hydrogen-bond acceptors (Lipinski definition) is 3. The molecule has 7 nitrogen and oxygen atoms in total. The Bertz CT molecular complexity index is 841. The van der Waals surface area contributed by atoms with Gasteiger partial charge < -0.3 is 10.3 Å². The van der Waals surface area contributed by atoms with E-state index in [0.29, 0.717) is 34.5 Å². The van der Waals surface area contributed by atoms with Gasteiger partial charge in [-0.3, -0.25) is 24.2 Å². The van der Waals surface area contributed by atoms with Crippen LogP contribution in [0.5, 0.6) is 0 Å². The first-order chi connectivity index (χ1) is 10.7. The molecular weight excluding hydrogens is 296 g/mol. The lowest BCUT2D eigenvalue weighted by Gasteiger charge is -2.17. The average molecular weight is 320 g/mol. The summed E-state index contributed by atoms with van der Waals surface area (Å²) < 4.78 is 1.49. The fourth-order valence-corrected chi connectivity index (χ4v) is 2.57. The van der Waals surface area contributed by atoms with E-state index in [1.807, 2.05) is 20.8 Å². The van der Waals surface area contributed by atoms with Gasteiger partial charge in [0.2, 0.25) is 5.91 Å². The Morgan fingerprint density at radius 2 is 1.87 bits per heavy atom. The minimum atomic E-state index is -0.255. The number of carbonyl (C=O) groups is 1. The van der Waals surface area contributed by atoms with Crippen LogP contribution in [0.3, 0.4) is 0 Å². The Kier molecular flexibility index (Phi) is 4.77. The van der Waals surface area contributed by atoms with Crippen molar-refractivity contribution >= 4 is 16.9 Å². The molecule has 0 aliphatic carbocycles. The molecule has 2 rings (SSSR count). The molecule has 2 aromatic rings. The van der Waals surface area contributed by atoms with E-state index in [0.717, 1.165) is 0 Å². The third-order valence-corrected chi connectivity index (χ3v) is 4.39. The highest BCUT2D eigenvalue weighted by atomic mass is 16.2. The fourth-order valence-electron chi connectivity index (χ4n) is 2.57. The van der Waals surface area contributed by atoms with Crippen LogP contribution in [-0.2, 0) is 18.3 Å². The molecule has 7 heteroatoms. The van der Waals surface area contributed by atoms with E-state index >= 15 is 0 Å². The third-order valence-electron chi connectivity index (χ3n) is 4.39. The van der Waals surface area contributed by atoms with Gasteiger partial charge in [-0.1, -0.05) is 13.8 Å². The van der Waals surface area contributed by atoms with Gasteiger partial charge in [0.15, 0.2) is 0 Å². The number of amides is 1. The SMILES string of the molecule is Cc1c(CCC(=O)N[C@H](C)C(C)C)c(=O)[nH]c2c1c(=O)[nH]n2C. The second-order valence-electron chi connectivity index (χ2n) is 6.38. The molecule has 0 bridgehead atoms. The number of aryl methyl sites for hydroxylation is 2. The number of aromatic amines is 2. The minimum absolute atomic E-state index is 0.0846. The monoisotopic (exact) mass is 320 g/mol. The quantitative estimate of drug-likeness (QED) is 0.765. The van der Waals surface area contributed by atoms with Crippen molar-refractivity contribution in [1.29, 1.82) is 0 Å². The second-order valence-corrected chi connectivity index (χ2v) is 6.38. The van der Waals surface area contributed by atoms with Crippen LogP contribution in [-0.4, -0.2) is 26.7 Å². The number of fused-ring (bicyclic) bond motifs is 1. The molecule has 0 saturated carbocycles. The molecule has 0 unspecified atom stereocenters. The smallest absolute Gasteiger partial charge is 0.273 e. The number of pyridine rings is 1. The Labute approximate surface area is 134 Å². The van der Waals surface area contributed by atoms with Crippen molar-refractivity contribution in [2.45, 2.75) is 46.6 Å². The van der Waals surface area contributed by atoms with Crippen LogP contribution in [0, 0.1) is 12.8 Å². The molecule has 0 radical (unpaired) electrons. The first-order valence-electron chi connectivity index (χ1n) is 7.82. The average Bonchev–Trinajstić information content (AvgIpc) is 2.73. The Morgan fingerprint density at radius 1 is 1.22 bits per heavy atom. The fraction of sp³-hybridized carbons (Fsp3) is 0.562. The molecule has 1 amide bonds. The van der Waals surface area contributed by atoms with Gasteiger partial charge in [-0.05, 0) is 31.7 Å². The lowest BCUT2D eigenvalue weighted by molar-refractivity contribution is -0.121. The van der Waals surface area contributed by atoms with Crippen molar-refractivity contribution in [3.05, 3.63) is 31.8 Å². The number of rotatable bonds is 5. The van der Waals surface area contributed by atoms with Gasteiger partial charge in [0.1, 0.15) is 5.65 Å². The standard InChI is InChI=1S/C16H24N4O3/c1-8(2)10(4)17-12(21)7-6-11-9(3)13-14(18-15(11)22)20(5)19-16(13)23/h8,10H,6-7H2,1-5H3,(H,17,21)(H,18,22)(H,19,23)/t10-/m1/s1. The molecule has 2 aromatic heterocycles. The Morgan fingerprint density at radius 3 is 2.48 bits per heavy atom. The summed E-state index contributed by atoms with van der Waals surface area (Å²) >= 11 is 0. The number of nitrogens with zero attached hydrogens (tertiary/aromatic N) is 1. The lowest BCUT2D eigenvalue weighted by Crippen LogP contribution is -2.36. The van der Waals surface area contributed by atoms with Crippen LogP contribution in [0.25, 0.3) is 11.0 Å². The molecule has 1 atom stereocenters. The van der Waals surface area contributed by atoms with Crippen LogP contribution in [0.15, 0.2) is 9.59 Å². The first kappa shape index (κ1) is 17.1. The zero-order chi connectivity index (χ0) is 17.3. The van der Waals surface area contributed by atoms with E-state index in [2.05, 4.69) is 15.4 Å². The van der Waals surface area contributed by atoms with Crippen LogP contribution in [0.4, 0.5) is 0 Å². The highest BCUT2D eigenvalue weighted by Gasteiger charge is 2.16. The number of H-pyrrole nitrogens is 2. The van der Waals surface area contributed by atoms with E-state index in [1.165, 1.54) is 4.68 Å². The maximum absolute atomic E-state index is 12.2. The zero-order valence-corrected chi connectivity index (χ0v) is 14.2. The van der Waals surface area contributed by atoms with Crippen molar-refractivity contribution in [1.82, 2.24) is 20.1 Å². The predicted octanol–water partition coefficient (Wildman–Crippen LogP) is 0.957. The van der Waals surface area contributed by atoms with Crippen LogP contribution in [0.1, 0.15) is 38.3 Å². The second kappa shape index (κ2) is 6.44. The van der Waals surface area contributed by atoms with E-state index in [9.17, 15) is 14.4 Å². The summed E-state index contributed by atoms with van der Waals surface area (Å²) in [7, 11) is 1.67. The molecule has 0 aliphatic rings. The molecule has 2 heterocycles. The van der Waals surface area contributed by atoms with Gasteiger partial charge in [0.05, 0.1) is 5.39 Å². The lowest BCUT2D eigenvalue weighted by atomic mass is 10.0. The molecule has 23 heavy (non-hydrogen) atoms. The summed E-state index contributed by atoms with van der Waals surface area (Å²) in [4.78, 5) is 38.9. The molecule has 0 aliphatic heterocycles.